The first-order valence-corrected chi connectivity index (χ1v) is 10.7. The molecule has 7 nitrogen and oxygen atoms in total. The molecule has 32 heavy (non-hydrogen) atoms. The quantitative estimate of drug-likeness (QED) is 0.317. The van der Waals surface area contributed by atoms with E-state index in [4.69, 9.17) is 26.1 Å². The number of hydrogen-bond acceptors (Lipinski definition) is 6. The van der Waals surface area contributed by atoms with Crippen LogP contribution in [0.4, 0.5) is 5.69 Å². The van der Waals surface area contributed by atoms with Crippen molar-refractivity contribution in [1.29, 1.82) is 0 Å². The van der Waals surface area contributed by atoms with E-state index in [2.05, 4.69) is 17.6 Å². The molecular weight excluding hydrogens is 428 g/mol. The Hall–Kier alpha value is -3.36. The van der Waals surface area contributed by atoms with Crippen molar-refractivity contribution < 1.29 is 23.8 Å². The monoisotopic (exact) mass is 454 g/mol. The van der Waals surface area contributed by atoms with Gasteiger partial charge in [0.1, 0.15) is 29.6 Å². The number of aliphatic hydroxyl groups excluding tert-OH is 1. The molecular formula is C24H26N2O5S. The SMILES string of the molecule is CCCCOc1ccc(C(=O)NC(=S)Nc2cc(-c3ccc(CO)o3)ccc2OC)cc1. The number of nitrogens with one attached hydrogen (secondary N) is 2. The molecule has 0 radical (unpaired) electrons. The number of benzene rings is 2. The molecule has 0 fully saturated rings. The van der Waals surface area contributed by atoms with Crippen molar-refractivity contribution in [3.8, 4) is 22.8 Å². The van der Waals surface area contributed by atoms with Gasteiger partial charge in [0, 0.05) is 11.1 Å². The topological polar surface area (TPSA) is 93.0 Å². The average Bonchev–Trinajstić information content (AvgIpc) is 3.29. The van der Waals surface area contributed by atoms with E-state index in [9.17, 15) is 9.90 Å². The Morgan fingerprint density at radius 1 is 1.12 bits per heavy atom. The minimum atomic E-state index is -0.337. The van der Waals surface area contributed by atoms with Crippen LogP contribution in [0.25, 0.3) is 11.3 Å². The lowest BCUT2D eigenvalue weighted by atomic mass is 10.1. The molecule has 1 amide bonds. The molecule has 0 aliphatic rings. The van der Waals surface area contributed by atoms with Crippen molar-refractivity contribution >= 4 is 28.9 Å². The smallest absolute Gasteiger partial charge is 0.257 e. The molecule has 0 aliphatic carbocycles. The molecule has 0 atom stereocenters. The Bertz CT molecular complexity index is 1060. The summed E-state index contributed by atoms with van der Waals surface area (Å²) in [5, 5.41) is 15.0. The predicted molar refractivity (Wildman–Crippen MR) is 127 cm³/mol. The highest BCUT2D eigenvalue weighted by molar-refractivity contribution is 7.80. The van der Waals surface area contributed by atoms with Crippen LogP contribution < -0.4 is 20.1 Å². The fourth-order valence-electron chi connectivity index (χ4n) is 2.94. The van der Waals surface area contributed by atoms with E-state index in [1.54, 1.807) is 55.6 Å². The van der Waals surface area contributed by atoms with Gasteiger partial charge in [0.05, 0.1) is 19.4 Å². The van der Waals surface area contributed by atoms with E-state index < -0.39 is 0 Å². The molecule has 1 aromatic heterocycles. The van der Waals surface area contributed by atoms with Gasteiger partial charge >= 0.3 is 0 Å². The number of unbranched alkanes of at least 4 members (excludes halogenated alkanes) is 1. The van der Waals surface area contributed by atoms with Gasteiger partial charge < -0.3 is 24.3 Å². The summed E-state index contributed by atoms with van der Waals surface area (Å²) in [6.45, 7) is 2.57. The molecule has 0 spiro atoms. The molecule has 0 bridgehead atoms. The second kappa shape index (κ2) is 11.3. The first kappa shape index (κ1) is 23.3. The maximum Gasteiger partial charge on any atom is 0.257 e. The minimum Gasteiger partial charge on any atom is -0.495 e. The van der Waals surface area contributed by atoms with Crippen molar-refractivity contribution in [2.24, 2.45) is 0 Å². The summed E-state index contributed by atoms with van der Waals surface area (Å²) in [5.41, 5.74) is 1.79. The standard InChI is InChI=1S/C24H26N2O5S/c1-3-4-13-30-18-8-5-16(6-9-18)23(28)26-24(32)25-20-14-17(7-11-22(20)29-2)21-12-10-19(15-27)31-21/h5-12,14,27H,3-4,13,15H2,1-2H3,(H2,25,26,28,32). The molecule has 3 N–H and O–H groups in total. The molecule has 8 heteroatoms. The summed E-state index contributed by atoms with van der Waals surface area (Å²) in [6.07, 6.45) is 2.04. The maximum atomic E-state index is 12.5. The number of amides is 1. The van der Waals surface area contributed by atoms with Crippen molar-refractivity contribution in [2.75, 3.05) is 19.0 Å². The lowest BCUT2D eigenvalue weighted by molar-refractivity contribution is 0.0977. The first-order chi connectivity index (χ1) is 15.5. The molecule has 168 valence electrons. The van der Waals surface area contributed by atoms with Crippen molar-refractivity contribution in [1.82, 2.24) is 5.32 Å². The van der Waals surface area contributed by atoms with Crippen molar-refractivity contribution in [2.45, 2.75) is 26.4 Å². The third-order valence-electron chi connectivity index (χ3n) is 4.66. The van der Waals surface area contributed by atoms with Crippen LogP contribution >= 0.6 is 12.2 Å². The number of carbonyl (C=O) groups excluding carboxylic acids is 1. The molecule has 0 aliphatic heterocycles. The summed E-state index contributed by atoms with van der Waals surface area (Å²) in [5.74, 6) is 1.99. The highest BCUT2D eigenvalue weighted by Gasteiger charge is 2.13. The largest absolute Gasteiger partial charge is 0.495 e. The summed E-state index contributed by atoms with van der Waals surface area (Å²) in [7, 11) is 1.54. The van der Waals surface area contributed by atoms with E-state index in [1.807, 2.05) is 6.07 Å². The number of anilines is 1. The third kappa shape index (κ3) is 6.09. The lowest BCUT2D eigenvalue weighted by Crippen LogP contribution is -2.34. The van der Waals surface area contributed by atoms with Crippen LogP contribution in [0.5, 0.6) is 11.5 Å². The van der Waals surface area contributed by atoms with Gasteiger partial charge in [0.25, 0.3) is 5.91 Å². The van der Waals surface area contributed by atoms with Gasteiger partial charge in [-0.2, -0.15) is 0 Å². The van der Waals surface area contributed by atoms with Gasteiger partial charge in [-0.05, 0) is 73.2 Å². The molecule has 1 heterocycles. The van der Waals surface area contributed by atoms with E-state index in [1.165, 1.54) is 0 Å². The van der Waals surface area contributed by atoms with Gasteiger partial charge in [-0.1, -0.05) is 13.3 Å². The highest BCUT2D eigenvalue weighted by atomic mass is 32.1. The fourth-order valence-corrected chi connectivity index (χ4v) is 3.15. The zero-order valence-corrected chi connectivity index (χ0v) is 18.8. The minimum absolute atomic E-state index is 0.129. The van der Waals surface area contributed by atoms with Crippen molar-refractivity contribution in [3.63, 3.8) is 0 Å². The zero-order valence-electron chi connectivity index (χ0n) is 18.0. The summed E-state index contributed by atoms with van der Waals surface area (Å²) < 4.78 is 16.6. The summed E-state index contributed by atoms with van der Waals surface area (Å²) in [6, 6.07) is 15.8. The Morgan fingerprint density at radius 2 is 1.91 bits per heavy atom. The van der Waals surface area contributed by atoms with Crippen LogP contribution in [0.3, 0.4) is 0 Å². The van der Waals surface area contributed by atoms with E-state index in [-0.39, 0.29) is 17.6 Å². The number of carbonyl (C=O) groups is 1. The molecule has 0 unspecified atom stereocenters. The Balaban J connectivity index is 1.65. The van der Waals surface area contributed by atoms with Crippen LogP contribution in [0.2, 0.25) is 0 Å². The van der Waals surface area contributed by atoms with Gasteiger partial charge in [-0.15, -0.1) is 0 Å². The normalized spacial score (nSPS) is 10.5. The van der Waals surface area contributed by atoms with Crippen LogP contribution in [-0.4, -0.2) is 29.8 Å². The number of rotatable bonds is 9. The number of furan rings is 1. The first-order valence-electron chi connectivity index (χ1n) is 10.3. The van der Waals surface area contributed by atoms with E-state index >= 15 is 0 Å². The predicted octanol–water partition coefficient (Wildman–Crippen LogP) is 4.75. The Morgan fingerprint density at radius 3 is 2.56 bits per heavy atom. The van der Waals surface area contributed by atoms with Crippen LogP contribution in [0, 0.1) is 0 Å². The van der Waals surface area contributed by atoms with E-state index in [0.717, 1.165) is 24.2 Å². The average molecular weight is 455 g/mol. The molecule has 0 saturated carbocycles. The summed E-state index contributed by atoms with van der Waals surface area (Å²) >= 11 is 5.32. The van der Waals surface area contributed by atoms with Crippen molar-refractivity contribution in [3.05, 3.63) is 65.9 Å². The van der Waals surface area contributed by atoms with Crippen LogP contribution in [0.1, 0.15) is 35.9 Å². The van der Waals surface area contributed by atoms with Crippen LogP contribution in [-0.2, 0) is 6.61 Å². The summed E-state index contributed by atoms with van der Waals surface area (Å²) in [4.78, 5) is 12.5. The number of aliphatic hydroxyl groups is 1. The van der Waals surface area contributed by atoms with Gasteiger partial charge in [-0.3, -0.25) is 10.1 Å². The maximum absolute atomic E-state index is 12.5. The van der Waals surface area contributed by atoms with Gasteiger partial charge in [-0.25, -0.2) is 0 Å². The zero-order chi connectivity index (χ0) is 22.9. The molecule has 2 aromatic carbocycles. The van der Waals surface area contributed by atoms with Gasteiger partial charge in [0.15, 0.2) is 5.11 Å². The second-order valence-corrected chi connectivity index (χ2v) is 7.38. The lowest BCUT2D eigenvalue weighted by Gasteiger charge is -2.14. The second-order valence-electron chi connectivity index (χ2n) is 6.97. The third-order valence-corrected chi connectivity index (χ3v) is 4.86. The number of methoxy groups -OCH3 is 1. The fraction of sp³-hybridized carbons (Fsp3) is 0.250. The Kier molecular flexibility index (Phi) is 8.24. The number of thiocarbonyl (C=S) groups is 1. The van der Waals surface area contributed by atoms with Gasteiger partial charge in [0.2, 0.25) is 0 Å². The molecule has 0 saturated heterocycles. The Labute approximate surface area is 192 Å². The molecule has 3 rings (SSSR count). The van der Waals surface area contributed by atoms with Crippen LogP contribution in [0.15, 0.2) is 59.0 Å². The highest BCUT2D eigenvalue weighted by Crippen LogP contribution is 2.31. The van der Waals surface area contributed by atoms with E-state index in [0.29, 0.717) is 35.1 Å². The number of hydrogen-bond donors (Lipinski definition) is 3. The molecule has 3 aromatic rings. The number of ether oxygens (including phenoxy) is 2.